The van der Waals surface area contributed by atoms with Crippen molar-refractivity contribution in [1.82, 2.24) is 0 Å². The van der Waals surface area contributed by atoms with Crippen molar-refractivity contribution >= 4 is 17.4 Å². The standard InChI is InChI=1S/C12H12N4O3/c1-16-9-6-8(10(17)4-5-14-15-13)2-3-11(9)19-7-12(16)18/h2-3,6H,4-5,7H2,1H3. The van der Waals surface area contributed by atoms with Crippen molar-refractivity contribution < 1.29 is 14.3 Å². The number of hydrogen-bond acceptors (Lipinski definition) is 4. The second-order valence-electron chi connectivity index (χ2n) is 4.05. The molecule has 0 saturated carbocycles. The molecule has 1 heterocycles. The molecule has 0 aromatic heterocycles. The average molecular weight is 260 g/mol. The summed E-state index contributed by atoms with van der Waals surface area (Å²) in [5.41, 5.74) is 9.20. The minimum atomic E-state index is -0.161. The third-order valence-corrected chi connectivity index (χ3v) is 2.87. The summed E-state index contributed by atoms with van der Waals surface area (Å²) < 4.78 is 5.27. The number of fused-ring (bicyclic) bond motifs is 1. The van der Waals surface area contributed by atoms with Gasteiger partial charge in [-0.25, -0.2) is 0 Å². The number of hydrogen-bond donors (Lipinski definition) is 0. The van der Waals surface area contributed by atoms with E-state index in [0.717, 1.165) is 0 Å². The Morgan fingerprint density at radius 2 is 2.37 bits per heavy atom. The van der Waals surface area contributed by atoms with Crippen LogP contribution >= 0.6 is 0 Å². The number of nitrogens with zero attached hydrogens (tertiary/aromatic N) is 4. The predicted octanol–water partition coefficient (Wildman–Crippen LogP) is 1.92. The first-order valence-corrected chi connectivity index (χ1v) is 5.71. The highest BCUT2D eigenvalue weighted by Gasteiger charge is 2.23. The molecule has 1 aromatic carbocycles. The third kappa shape index (κ3) is 2.66. The monoisotopic (exact) mass is 260 g/mol. The third-order valence-electron chi connectivity index (χ3n) is 2.87. The van der Waals surface area contributed by atoms with Crippen molar-refractivity contribution in [2.24, 2.45) is 5.11 Å². The summed E-state index contributed by atoms with van der Waals surface area (Å²) in [6, 6.07) is 4.92. The van der Waals surface area contributed by atoms with Gasteiger partial charge in [-0.05, 0) is 23.7 Å². The maximum absolute atomic E-state index is 11.9. The number of ether oxygens (including phenoxy) is 1. The smallest absolute Gasteiger partial charge is 0.264 e. The highest BCUT2D eigenvalue weighted by molar-refractivity contribution is 6.01. The molecule has 0 atom stereocenters. The van der Waals surface area contributed by atoms with E-state index in [4.69, 9.17) is 10.3 Å². The molecule has 0 bridgehead atoms. The van der Waals surface area contributed by atoms with Crippen LogP contribution in [0.25, 0.3) is 10.4 Å². The minimum Gasteiger partial charge on any atom is -0.482 e. The van der Waals surface area contributed by atoms with Crippen molar-refractivity contribution in [3.05, 3.63) is 34.2 Å². The molecule has 7 nitrogen and oxygen atoms in total. The highest BCUT2D eigenvalue weighted by Crippen LogP contribution is 2.32. The van der Waals surface area contributed by atoms with Crippen molar-refractivity contribution in [3.63, 3.8) is 0 Å². The highest BCUT2D eigenvalue weighted by atomic mass is 16.5. The van der Waals surface area contributed by atoms with Crippen LogP contribution in [0.15, 0.2) is 23.3 Å². The number of anilines is 1. The van der Waals surface area contributed by atoms with Crippen LogP contribution in [0.2, 0.25) is 0 Å². The summed E-state index contributed by atoms with van der Waals surface area (Å²) in [5.74, 6) is 0.279. The van der Waals surface area contributed by atoms with Gasteiger partial charge in [0.15, 0.2) is 12.4 Å². The van der Waals surface area contributed by atoms with Crippen LogP contribution in [0.1, 0.15) is 16.8 Å². The summed E-state index contributed by atoms with van der Waals surface area (Å²) >= 11 is 0. The van der Waals surface area contributed by atoms with Crippen LogP contribution in [0.4, 0.5) is 5.69 Å². The molecule has 0 aliphatic carbocycles. The lowest BCUT2D eigenvalue weighted by Crippen LogP contribution is -2.35. The van der Waals surface area contributed by atoms with E-state index in [2.05, 4.69) is 10.0 Å². The maximum atomic E-state index is 11.9. The van der Waals surface area contributed by atoms with Crippen LogP contribution in [0.5, 0.6) is 5.75 Å². The van der Waals surface area contributed by atoms with Crippen LogP contribution in [-0.4, -0.2) is 31.9 Å². The quantitative estimate of drug-likeness (QED) is 0.358. The topological polar surface area (TPSA) is 95.4 Å². The van der Waals surface area contributed by atoms with Crippen molar-refractivity contribution in [1.29, 1.82) is 0 Å². The molecule has 0 unspecified atom stereocenters. The van der Waals surface area contributed by atoms with E-state index >= 15 is 0 Å². The molecule has 7 heteroatoms. The van der Waals surface area contributed by atoms with Gasteiger partial charge < -0.3 is 9.64 Å². The lowest BCUT2D eigenvalue weighted by molar-refractivity contribution is -0.120. The number of likely N-dealkylation sites (N-methyl/N-ethyl adjacent to an activating group) is 1. The fraction of sp³-hybridized carbons (Fsp3) is 0.333. The molecule has 1 aliphatic rings. The maximum Gasteiger partial charge on any atom is 0.264 e. The Balaban J connectivity index is 2.22. The van der Waals surface area contributed by atoms with Gasteiger partial charge in [0.05, 0.1) is 5.69 Å². The van der Waals surface area contributed by atoms with Gasteiger partial charge >= 0.3 is 0 Å². The fourth-order valence-corrected chi connectivity index (χ4v) is 1.79. The van der Waals surface area contributed by atoms with E-state index in [1.54, 1.807) is 25.2 Å². The molecule has 0 fully saturated rings. The zero-order chi connectivity index (χ0) is 13.8. The van der Waals surface area contributed by atoms with Crippen LogP contribution in [0, 0.1) is 0 Å². The van der Waals surface area contributed by atoms with Gasteiger partial charge in [-0.15, -0.1) is 0 Å². The predicted molar refractivity (Wildman–Crippen MR) is 68.3 cm³/mol. The largest absolute Gasteiger partial charge is 0.482 e. The molecular weight excluding hydrogens is 248 g/mol. The first-order chi connectivity index (χ1) is 9.13. The Morgan fingerprint density at radius 3 is 3.11 bits per heavy atom. The lowest BCUT2D eigenvalue weighted by atomic mass is 10.1. The SMILES string of the molecule is CN1C(=O)COc2ccc(C(=O)CCN=[N+]=[N-])cc21. The molecule has 0 spiro atoms. The Morgan fingerprint density at radius 1 is 1.58 bits per heavy atom. The molecule has 1 aliphatic heterocycles. The van der Waals surface area contributed by atoms with Gasteiger partial charge in [0, 0.05) is 30.5 Å². The van der Waals surface area contributed by atoms with Crippen molar-refractivity contribution in [2.45, 2.75) is 6.42 Å². The van der Waals surface area contributed by atoms with E-state index < -0.39 is 0 Å². The summed E-state index contributed by atoms with van der Waals surface area (Å²) in [6.45, 7) is 0.130. The number of rotatable bonds is 4. The van der Waals surface area contributed by atoms with E-state index in [-0.39, 0.29) is 31.3 Å². The zero-order valence-electron chi connectivity index (χ0n) is 10.4. The average Bonchev–Trinajstić information content (AvgIpc) is 2.43. The molecule has 0 radical (unpaired) electrons. The van der Waals surface area contributed by atoms with E-state index in [9.17, 15) is 9.59 Å². The molecule has 1 amide bonds. The van der Waals surface area contributed by atoms with Gasteiger partial charge in [0.2, 0.25) is 0 Å². The summed E-state index contributed by atoms with van der Waals surface area (Å²) in [5, 5.41) is 3.32. The number of ketones is 1. The molecular formula is C12H12N4O3. The van der Waals surface area contributed by atoms with Crippen LogP contribution in [0.3, 0.4) is 0 Å². The molecule has 2 rings (SSSR count). The van der Waals surface area contributed by atoms with Gasteiger partial charge in [-0.3, -0.25) is 9.59 Å². The van der Waals surface area contributed by atoms with Crippen LogP contribution in [-0.2, 0) is 4.79 Å². The first-order valence-electron chi connectivity index (χ1n) is 5.71. The summed E-state index contributed by atoms with van der Waals surface area (Å²) in [4.78, 5) is 27.4. The zero-order valence-corrected chi connectivity index (χ0v) is 10.4. The van der Waals surface area contributed by atoms with Gasteiger partial charge in [-0.2, -0.15) is 0 Å². The summed E-state index contributed by atoms with van der Waals surface area (Å²) in [6.07, 6.45) is 0.140. The number of carbonyl (C=O) groups excluding carboxylic acids is 2. The Hall–Kier alpha value is -2.53. The second-order valence-corrected chi connectivity index (χ2v) is 4.05. The molecule has 0 saturated heterocycles. The van der Waals surface area contributed by atoms with Crippen LogP contribution < -0.4 is 9.64 Å². The first kappa shape index (κ1) is 12.9. The summed E-state index contributed by atoms with van der Waals surface area (Å²) in [7, 11) is 1.64. The van der Waals surface area contributed by atoms with E-state index in [0.29, 0.717) is 17.0 Å². The minimum absolute atomic E-state index is 0.00762. The molecule has 1 aromatic rings. The number of Topliss-reactive ketones (excluding diaryl/α,β-unsaturated/α-hetero) is 1. The normalized spacial score (nSPS) is 13.3. The Kier molecular flexibility index (Phi) is 3.68. The van der Waals surface area contributed by atoms with Gasteiger partial charge in [0.1, 0.15) is 5.75 Å². The number of amides is 1. The van der Waals surface area contributed by atoms with Gasteiger partial charge in [-0.1, -0.05) is 5.11 Å². The van der Waals surface area contributed by atoms with Crippen molar-refractivity contribution in [3.8, 4) is 5.75 Å². The number of carbonyl (C=O) groups is 2. The van der Waals surface area contributed by atoms with Crippen molar-refractivity contribution in [2.75, 3.05) is 25.1 Å². The molecule has 0 N–H and O–H groups in total. The second kappa shape index (κ2) is 5.41. The van der Waals surface area contributed by atoms with E-state index in [1.807, 2.05) is 0 Å². The lowest BCUT2D eigenvalue weighted by Gasteiger charge is -2.26. The molecule has 19 heavy (non-hydrogen) atoms. The number of azide groups is 1. The Bertz CT molecular complexity index is 578. The Labute approximate surface area is 109 Å². The van der Waals surface area contributed by atoms with Gasteiger partial charge in [0.25, 0.3) is 5.91 Å². The van der Waals surface area contributed by atoms with E-state index in [1.165, 1.54) is 4.90 Å². The fourth-order valence-electron chi connectivity index (χ4n) is 1.79. The molecule has 98 valence electrons. The number of benzene rings is 1.